The van der Waals surface area contributed by atoms with E-state index in [2.05, 4.69) is 10.3 Å². The van der Waals surface area contributed by atoms with Crippen molar-refractivity contribution < 1.29 is 18.3 Å². The molecule has 0 aliphatic carbocycles. The Balaban J connectivity index is 1.41. The van der Waals surface area contributed by atoms with Crippen LogP contribution in [0.3, 0.4) is 0 Å². The molecule has 2 heterocycles. The van der Waals surface area contributed by atoms with Crippen LogP contribution >= 0.6 is 0 Å². The summed E-state index contributed by atoms with van der Waals surface area (Å²) in [4.78, 5) is 16.3. The largest absolute Gasteiger partial charge is 0.457 e. The molecule has 6 heteroatoms. The van der Waals surface area contributed by atoms with E-state index in [1.807, 2.05) is 0 Å². The minimum atomic E-state index is -0.379. The van der Waals surface area contributed by atoms with Crippen LogP contribution in [0.5, 0.6) is 11.5 Å². The van der Waals surface area contributed by atoms with Crippen LogP contribution in [-0.2, 0) is 0 Å². The number of amides is 1. The Morgan fingerprint density at radius 3 is 2.25 bits per heavy atom. The number of rotatable bonds is 5. The lowest BCUT2D eigenvalue weighted by atomic mass is 10.2. The number of anilines is 1. The smallest absolute Gasteiger partial charge is 0.291 e. The first-order valence-electron chi connectivity index (χ1n) is 8.52. The predicted molar refractivity (Wildman–Crippen MR) is 103 cm³/mol. The summed E-state index contributed by atoms with van der Waals surface area (Å²) >= 11 is 0. The van der Waals surface area contributed by atoms with Crippen molar-refractivity contribution in [1.29, 1.82) is 0 Å². The third kappa shape index (κ3) is 4.07. The third-order valence-corrected chi connectivity index (χ3v) is 3.96. The molecule has 28 heavy (non-hydrogen) atoms. The summed E-state index contributed by atoms with van der Waals surface area (Å²) in [6.07, 6.45) is 3.29. The second-order valence-electron chi connectivity index (χ2n) is 5.93. The van der Waals surface area contributed by atoms with E-state index in [-0.39, 0.29) is 17.5 Å². The summed E-state index contributed by atoms with van der Waals surface area (Å²) < 4.78 is 24.3. The first-order chi connectivity index (χ1) is 13.7. The van der Waals surface area contributed by atoms with Crippen LogP contribution in [0.25, 0.3) is 11.3 Å². The number of aromatic nitrogens is 1. The fourth-order valence-corrected chi connectivity index (χ4v) is 2.57. The monoisotopic (exact) mass is 374 g/mol. The molecule has 0 saturated heterocycles. The molecule has 0 aliphatic heterocycles. The zero-order valence-electron chi connectivity index (χ0n) is 14.6. The molecule has 5 nitrogen and oxygen atoms in total. The van der Waals surface area contributed by atoms with Gasteiger partial charge in [0.05, 0.1) is 0 Å². The normalized spacial score (nSPS) is 10.5. The maximum Gasteiger partial charge on any atom is 0.291 e. The highest BCUT2D eigenvalue weighted by Gasteiger charge is 2.13. The maximum atomic E-state index is 13.0. The van der Waals surface area contributed by atoms with Crippen LogP contribution < -0.4 is 10.1 Å². The lowest BCUT2D eigenvalue weighted by Gasteiger charge is -2.07. The first kappa shape index (κ1) is 17.5. The molecule has 0 radical (unpaired) electrons. The van der Waals surface area contributed by atoms with Crippen molar-refractivity contribution in [2.24, 2.45) is 0 Å². The number of carbonyl (C=O) groups excluding carboxylic acids is 1. The maximum absolute atomic E-state index is 13.0. The molecule has 0 unspecified atom stereocenters. The van der Waals surface area contributed by atoms with E-state index in [1.54, 1.807) is 73.1 Å². The van der Waals surface area contributed by atoms with Crippen LogP contribution in [0.4, 0.5) is 10.1 Å². The molecule has 4 rings (SSSR count). The van der Waals surface area contributed by atoms with Gasteiger partial charge in [0, 0.05) is 23.6 Å². The number of nitrogens with zero attached hydrogens (tertiary/aromatic N) is 1. The van der Waals surface area contributed by atoms with Gasteiger partial charge < -0.3 is 14.5 Å². The highest BCUT2D eigenvalue weighted by molar-refractivity contribution is 6.02. The quantitative estimate of drug-likeness (QED) is 0.499. The zero-order valence-corrected chi connectivity index (χ0v) is 14.6. The Kier molecular flexibility index (Phi) is 4.84. The van der Waals surface area contributed by atoms with Crippen LogP contribution in [0, 0.1) is 5.82 Å². The van der Waals surface area contributed by atoms with Crippen molar-refractivity contribution in [2.75, 3.05) is 5.32 Å². The van der Waals surface area contributed by atoms with E-state index >= 15 is 0 Å². The highest BCUT2D eigenvalue weighted by Crippen LogP contribution is 2.25. The first-order valence-corrected chi connectivity index (χ1v) is 8.52. The van der Waals surface area contributed by atoms with Crippen molar-refractivity contribution in [3.63, 3.8) is 0 Å². The van der Waals surface area contributed by atoms with Crippen molar-refractivity contribution >= 4 is 11.6 Å². The zero-order chi connectivity index (χ0) is 19.3. The van der Waals surface area contributed by atoms with Crippen LogP contribution in [-0.4, -0.2) is 10.9 Å². The number of furan rings is 1. The number of pyridine rings is 1. The Bertz CT molecular complexity index is 1070. The van der Waals surface area contributed by atoms with Gasteiger partial charge in [-0.15, -0.1) is 0 Å². The minimum absolute atomic E-state index is 0.163. The molecule has 0 fully saturated rings. The molecular formula is C22H15FN2O3. The van der Waals surface area contributed by atoms with E-state index < -0.39 is 0 Å². The fraction of sp³-hybridized carbons (Fsp3) is 0. The second kappa shape index (κ2) is 7.75. The van der Waals surface area contributed by atoms with E-state index in [0.717, 1.165) is 0 Å². The molecule has 2 aromatic heterocycles. The molecule has 1 amide bonds. The number of hydrogen-bond donors (Lipinski definition) is 1. The van der Waals surface area contributed by atoms with E-state index in [0.29, 0.717) is 28.5 Å². The van der Waals surface area contributed by atoms with Crippen molar-refractivity contribution in [1.82, 2.24) is 4.98 Å². The molecule has 138 valence electrons. The van der Waals surface area contributed by atoms with Crippen LogP contribution in [0.15, 0.2) is 89.6 Å². The summed E-state index contributed by atoms with van der Waals surface area (Å²) in [7, 11) is 0. The van der Waals surface area contributed by atoms with Gasteiger partial charge in [-0.05, 0) is 72.8 Å². The molecule has 0 atom stereocenters. The summed E-state index contributed by atoms with van der Waals surface area (Å²) in [6.45, 7) is 0. The Morgan fingerprint density at radius 1 is 0.857 bits per heavy atom. The van der Waals surface area contributed by atoms with Gasteiger partial charge in [0.25, 0.3) is 5.91 Å². The average Bonchev–Trinajstić information content (AvgIpc) is 3.21. The Morgan fingerprint density at radius 2 is 1.54 bits per heavy atom. The molecular weight excluding hydrogens is 359 g/mol. The van der Waals surface area contributed by atoms with Gasteiger partial charge in [-0.25, -0.2) is 4.39 Å². The van der Waals surface area contributed by atoms with Crippen molar-refractivity contribution in [2.45, 2.75) is 0 Å². The Hall–Kier alpha value is -3.93. The summed E-state index contributed by atoms with van der Waals surface area (Å²) in [5.41, 5.74) is 1.30. The number of hydrogen-bond acceptors (Lipinski definition) is 4. The predicted octanol–water partition coefficient (Wildman–Crippen LogP) is 5.53. The highest BCUT2D eigenvalue weighted by atomic mass is 19.1. The molecule has 0 bridgehead atoms. The minimum Gasteiger partial charge on any atom is -0.457 e. The van der Waals surface area contributed by atoms with Crippen molar-refractivity contribution in [3.8, 4) is 22.8 Å². The molecule has 0 aliphatic rings. The molecule has 4 aromatic rings. The second-order valence-corrected chi connectivity index (χ2v) is 5.93. The molecule has 0 spiro atoms. The van der Waals surface area contributed by atoms with Gasteiger partial charge in [0.2, 0.25) is 0 Å². The summed E-state index contributed by atoms with van der Waals surface area (Å²) in [5.74, 6) is 1.26. The SMILES string of the molecule is O=C(Nc1ccc(Oc2ccncc2)cc1)c1ccc(-c2ccc(F)cc2)o1. The van der Waals surface area contributed by atoms with Gasteiger partial charge >= 0.3 is 0 Å². The van der Waals surface area contributed by atoms with E-state index in [1.165, 1.54) is 12.1 Å². The lowest BCUT2D eigenvalue weighted by molar-refractivity contribution is 0.0997. The average molecular weight is 374 g/mol. The topological polar surface area (TPSA) is 64.4 Å². The number of carbonyl (C=O) groups is 1. The third-order valence-electron chi connectivity index (χ3n) is 3.96. The standard InChI is InChI=1S/C22H15FN2O3/c23-16-3-1-15(2-4-16)20-9-10-21(28-20)22(26)25-17-5-7-18(8-6-17)27-19-11-13-24-14-12-19/h1-14H,(H,25,26). The number of benzene rings is 2. The molecule has 2 aromatic carbocycles. The van der Waals surface area contributed by atoms with Gasteiger partial charge in [-0.1, -0.05) is 0 Å². The van der Waals surface area contributed by atoms with Crippen molar-refractivity contribution in [3.05, 3.63) is 96.8 Å². The number of halogens is 1. The molecule has 0 saturated carbocycles. The molecule has 1 N–H and O–H groups in total. The lowest BCUT2D eigenvalue weighted by Crippen LogP contribution is -2.10. The van der Waals surface area contributed by atoms with Gasteiger partial charge in [0.1, 0.15) is 23.1 Å². The fourth-order valence-electron chi connectivity index (χ4n) is 2.57. The number of ether oxygens (including phenoxy) is 1. The summed E-state index contributed by atoms with van der Waals surface area (Å²) in [5, 5.41) is 2.76. The van der Waals surface area contributed by atoms with Crippen LogP contribution in [0.1, 0.15) is 10.6 Å². The van der Waals surface area contributed by atoms with Gasteiger partial charge in [0.15, 0.2) is 5.76 Å². The van der Waals surface area contributed by atoms with Crippen LogP contribution in [0.2, 0.25) is 0 Å². The summed E-state index contributed by atoms with van der Waals surface area (Å²) in [6, 6.07) is 19.6. The number of nitrogens with one attached hydrogen (secondary N) is 1. The van der Waals surface area contributed by atoms with Gasteiger partial charge in [-0.2, -0.15) is 0 Å². The Labute approximate surface area is 160 Å². The van der Waals surface area contributed by atoms with E-state index in [9.17, 15) is 9.18 Å². The van der Waals surface area contributed by atoms with E-state index in [4.69, 9.17) is 9.15 Å². The van der Waals surface area contributed by atoms with Gasteiger partial charge in [-0.3, -0.25) is 9.78 Å².